The third kappa shape index (κ3) is 5.74. The molecule has 3 aromatic rings. The van der Waals surface area contributed by atoms with E-state index in [9.17, 15) is 14.4 Å². The van der Waals surface area contributed by atoms with E-state index in [4.69, 9.17) is 9.15 Å². The van der Waals surface area contributed by atoms with E-state index in [2.05, 4.69) is 27.1 Å². The first kappa shape index (κ1) is 27.9. The van der Waals surface area contributed by atoms with Crippen molar-refractivity contribution in [2.45, 2.75) is 12.8 Å². The second kappa shape index (κ2) is 11.9. The molecule has 1 aromatic heterocycles. The zero-order valence-electron chi connectivity index (χ0n) is 24.3. The molecule has 6 rings (SSSR count). The van der Waals surface area contributed by atoms with E-state index in [1.54, 1.807) is 13.2 Å². The zero-order chi connectivity index (χ0) is 29.2. The van der Waals surface area contributed by atoms with Crippen LogP contribution in [0.2, 0.25) is 0 Å². The summed E-state index contributed by atoms with van der Waals surface area (Å²) in [5, 5.41) is 3.25. The molecular formula is C31H38N6O5. The van der Waals surface area contributed by atoms with E-state index in [1.165, 1.54) is 6.07 Å². The van der Waals surface area contributed by atoms with Crippen molar-refractivity contribution >= 4 is 40.0 Å². The summed E-state index contributed by atoms with van der Waals surface area (Å²) in [5.74, 6) is 0.0347. The molecule has 0 saturated carbocycles. The number of rotatable bonds is 5. The van der Waals surface area contributed by atoms with Crippen LogP contribution in [0.5, 0.6) is 5.75 Å². The Morgan fingerprint density at radius 1 is 0.810 bits per heavy atom. The van der Waals surface area contributed by atoms with E-state index < -0.39 is 5.91 Å². The maximum atomic E-state index is 13.2. The molecule has 4 heterocycles. The van der Waals surface area contributed by atoms with Crippen molar-refractivity contribution in [3.05, 3.63) is 58.4 Å². The number of carbonyl (C=O) groups is 2. The highest BCUT2D eigenvalue weighted by Crippen LogP contribution is 2.32. The first-order valence-corrected chi connectivity index (χ1v) is 14.7. The number of amides is 3. The van der Waals surface area contributed by atoms with Gasteiger partial charge in [0, 0.05) is 89.0 Å². The Balaban J connectivity index is 1.14. The SMILES string of the molecule is COc1cc(N2CCN(C)CC2)c2oc(C(=O)Nc3ccc(N4CCN(C(=O)N5CCCC5)CC4)cc3)cc(=O)c2c1. The number of benzene rings is 2. The van der Waals surface area contributed by atoms with Crippen molar-refractivity contribution in [1.29, 1.82) is 0 Å². The number of urea groups is 1. The fourth-order valence-electron chi connectivity index (χ4n) is 5.94. The second-order valence-electron chi connectivity index (χ2n) is 11.2. The van der Waals surface area contributed by atoms with Gasteiger partial charge < -0.3 is 39.0 Å². The first-order chi connectivity index (χ1) is 20.4. The lowest BCUT2D eigenvalue weighted by atomic mass is 10.1. The number of nitrogens with one attached hydrogen (secondary N) is 1. The molecule has 0 spiro atoms. The van der Waals surface area contributed by atoms with Gasteiger partial charge in [-0.2, -0.15) is 0 Å². The van der Waals surface area contributed by atoms with Crippen molar-refractivity contribution < 1.29 is 18.7 Å². The Bertz CT molecular complexity index is 1500. The first-order valence-electron chi connectivity index (χ1n) is 14.7. The van der Waals surface area contributed by atoms with Gasteiger partial charge in [-0.25, -0.2) is 4.79 Å². The Morgan fingerprint density at radius 2 is 1.45 bits per heavy atom. The smallest absolute Gasteiger partial charge is 0.320 e. The third-order valence-corrected chi connectivity index (χ3v) is 8.50. The summed E-state index contributed by atoms with van der Waals surface area (Å²) in [6.07, 6.45) is 2.18. The van der Waals surface area contributed by atoms with Crippen LogP contribution in [0.25, 0.3) is 11.0 Å². The van der Waals surface area contributed by atoms with E-state index >= 15 is 0 Å². The number of piperazine rings is 2. The van der Waals surface area contributed by atoms with Gasteiger partial charge in [0.2, 0.25) is 0 Å². The summed E-state index contributed by atoms with van der Waals surface area (Å²) in [4.78, 5) is 49.6. The van der Waals surface area contributed by atoms with Gasteiger partial charge >= 0.3 is 6.03 Å². The molecule has 3 aliphatic rings. The Kier molecular flexibility index (Phi) is 7.92. The number of methoxy groups -OCH3 is 1. The van der Waals surface area contributed by atoms with Crippen LogP contribution in [0.4, 0.5) is 21.9 Å². The minimum absolute atomic E-state index is 0.0455. The second-order valence-corrected chi connectivity index (χ2v) is 11.2. The van der Waals surface area contributed by atoms with E-state index in [0.717, 1.165) is 76.6 Å². The number of anilines is 3. The molecule has 3 amide bonds. The molecular weight excluding hydrogens is 536 g/mol. The van der Waals surface area contributed by atoms with Crippen LogP contribution < -0.4 is 25.3 Å². The molecule has 3 saturated heterocycles. The molecule has 0 bridgehead atoms. The topological polar surface area (TPSA) is 102 Å². The Morgan fingerprint density at radius 3 is 2.12 bits per heavy atom. The molecule has 1 N–H and O–H groups in total. The normalized spacial score (nSPS) is 18.0. The fraction of sp³-hybridized carbons (Fsp3) is 0.452. The number of carbonyl (C=O) groups excluding carboxylic acids is 2. The highest BCUT2D eigenvalue weighted by atomic mass is 16.5. The fourth-order valence-corrected chi connectivity index (χ4v) is 5.94. The summed E-state index contributed by atoms with van der Waals surface area (Å²) in [6.45, 7) is 7.93. The molecule has 11 heteroatoms. The van der Waals surface area contributed by atoms with Gasteiger partial charge in [0.15, 0.2) is 16.8 Å². The molecule has 3 aliphatic heterocycles. The summed E-state index contributed by atoms with van der Waals surface area (Å²) < 4.78 is 11.6. The molecule has 2 aromatic carbocycles. The Labute approximate surface area is 245 Å². The number of nitrogens with zero attached hydrogens (tertiary/aromatic N) is 5. The van der Waals surface area contributed by atoms with Crippen LogP contribution in [0, 0.1) is 0 Å². The van der Waals surface area contributed by atoms with Crippen LogP contribution in [-0.4, -0.2) is 106 Å². The maximum Gasteiger partial charge on any atom is 0.320 e. The number of hydrogen-bond donors (Lipinski definition) is 1. The predicted molar refractivity (Wildman–Crippen MR) is 163 cm³/mol. The van der Waals surface area contributed by atoms with E-state index in [0.29, 0.717) is 35.5 Å². The largest absolute Gasteiger partial charge is 0.497 e. The van der Waals surface area contributed by atoms with Gasteiger partial charge in [-0.15, -0.1) is 0 Å². The van der Waals surface area contributed by atoms with Gasteiger partial charge in [0.25, 0.3) is 5.91 Å². The highest BCUT2D eigenvalue weighted by molar-refractivity contribution is 6.03. The van der Waals surface area contributed by atoms with Gasteiger partial charge in [-0.1, -0.05) is 0 Å². The molecule has 3 fully saturated rings. The van der Waals surface area contributed by atoms with Crippen molar-refractivity contribution in [2.75, 3.05) is 94.7 Å². The quantitative estimate of drug-likeness (QED) is 0.496. The predicted octanol–water partition coefficient (Wildman–Crippen LogP) is 3.14. The van der Waals surface area contributed by atoms with Gasteiger partial charge in [0.05, 0.1) is 18.2 Å². The molecule has 0 aliphatic carbocycles. The number of likely N-dealkylation sites (N-methyl/N-ethyl adjacent to an activating group) is 1. The standard InChI is InChI=1S/C31H38N6O5/c1-33-11-13-35(14-12-33)26-20-24(41-2)19-25-27(38)21-28(42-29(25)26)30(39)32-22-5-7-23(8-6-22)34-15-17-37(18-16-34)31(40)36-9-3-4-10-36/h5-8,19-21H,3-4,9-18H2,1-2H3,(H,32,39). The molecule has 42 heavy (non-hydrogen) atoms. The number of likely N-dealkylation sites (tertiary alicyclic amines) is 1. The lowest BCUT2D eigenvalue weighted by Crippen LogP contribution is -2.52. The maximum absolute atomic E-state index is 13.2. The zero-order valence-corrected chi connectivity index (χ0v) is 24.3. The van der Waals surface area contributed by atoms with Gasteiger partial charge in [-0.05, 0) is 50.2 Å². The van der Waals surface area contributed by atoms with Crippen molar-refractivity contribution in [2.24, 2.45) is 0 Å². The van der Waals surface area contributed by atoms with Gasteiger partial charge in [0.1, 0.15) is 5.75 Å². The average molecular weight is 575 g/mol. The van der Waals surface area contributed by atoms with Crippen LogP contribution in [0.3, 0.4) is 0 Å². The highest BCUT2D eigenvalue weighted by Gasteiger charge is 2.27. The van der Waals surface area contributed by atoms with Crippen molar-refractivity contribution in [3.8, 4) is 5.75 Å². The van der Waals surface area contributed by atoms with Crippen LogP contribution in [0.1, 0.15) is 23.4 Å². The lowest BCUT2D eigenvalue weighted by Gasteiger charge is -2.37. The van der Waals surface area contributed by atoms with Crippen LogP contribution in [0.15, 0.2) is 51.7 Å². The summed E-state index contributed by atoms with van der Waals surface area (Å²) in [7, 11) is 3.65. The van der Waals surface area contributed by atoms with Crippen molar-refractivity contribution in [1.82, 2.24) is 14.7 Å². The van der Waals surface area contributed by atoms with Crippen molar-refractivity contribution in [3.63, 3.8) is 0 Å². The molecule has 11 nitrogen and oxygen atoms in total. The van der Waals surface area contributed by atoms with E-state index in [-0.39, 0.29) is 17.2 Å². The molecule has 0 atom stereocenters. The van der Waals surface area contributed by atoms with Crippen LogP contribution in [-0.2, 0) is 0 Å². The molecule has 0 radical (unpaired) electrons. The number of hydrogen-bond acceptors (Lipinski definition) is 8. The van der Waals surface area contributed by atoms with E-state index in [1.807, 2.05) is 40.1 Å². The summed E-state index contributed by atoms with van der Waals surface area (Å²) in [6, 6.07) is 12.5. The number of fused-ring (bicyclic) bond motifs is 1. The minimum atomic E-state index is -0.490. The number of ether oxygens (including phenoxy) is 1. The minimum Gasteiger partial charge on any atom is -0.497 e. The molecule has 0 unspecified atom stereocenters. The van der Waals surface area contributed by atoms with Crippen LogP contribution >= 0.6 is 0 Å². The molecule has 222 valence electrons. The summed E-state index contributed by atoms with van der Waals surface area (Å²) >= 11 is 0. The Hall–Kier alpha value is -4.25. The monoisotopic (exact) mass is 574 g/mol. The summed E-state index contributed by atoms with van der Waals surface area (Å²) in [5.41, 5.74) is 2.47. The van der Waals surface area contributed by atoms with Gasteiger partial charge in [-0.3, -0.25) is 9.59 Å². The average Bonchev–Trinajstić information content (AvgIpc) is 3.56. The third-order valence-electron chi connectivity index (χ3n) is 8.50. The lowest BCUT2D eigenvalue weighted by molar-refractivity contribution is 0.0997.